The van der Waals surface area contributed by atoms with Gasteiger partial charge in [0.05, 0.1) is 37.3 Å². The summed E-state index contributed by atoms with van der Waals surface area (Å²) in [4.78, 5) is 36.1. The van der Waals surface area contributed by atoms with Crippen molar-refractivity contribution in [3.8, 4) is 5.75 Å². The van der Waals surface area contributed by atoms with E-state index in [9.17, 15) is 22.8 Å². The Morgan fingerprint density at radius 3 is 2.65 bits per heavy atom. The molecule has 0 radical (unpaired) electrons. The van der Waals surface area contributed by atoms with Crippen LogP contribution in [-0.4, -0.2) is 73.2 Å². The summed E-state index contributed by atoms with van der Waals surface area (Å²) in [6.45, 7) is 5.03. The molecule has 1 saturated carbocycles. The number of anilines is 5. The van der Waals surface area contributed by atoms with E-state index < -0.39 is 23.5 Å². The zero-order valence-corrected chi connectivity index (χ0v) is 27.6. The topological polar surface area (TPSA) is 130 Å². The first-order chi connectivity index (χ1) is 23.5. The number of fused-ring (bicyclic) bond motifs is 2. The lowest BCUT2D eigenvalue weighted by Crippen LogP contribution is -2.48. The molecule has 3 aliphatic rings. The lowest BCUT2D eigenvalue weighted by atomic mass is 9.85. The molecule has 14 heteroatoms. The molecule has 49 heavy (non-hydrogen) atoms. The van der Waals surface area contributed by atoms with Crippen LogP contribution in [0.15, 0.2) is 54.2 Å². The molecule has 1 aliphatic heterocycles. The van der Waals surface area contributed by atoms with Gasteiger partial charge in [-0.2, -0.15) is 18.2 Å². The second-order valence-electron chi connectivity index (χ2n) is 12.5. The van der Waals surface area contributed by atoms with Crippen LogP contribution in [-0.2, 0) is 15.7 Å². The number of amides is 2. The van der Waals surface area contributed by atoms with Gasteiger partial charge >= 0.3 is 6.18 Å². The Morgan fingerprint density at radius 1 is 1.12 bits per heavy atom. The zero-order valence-electron chi connectivity index (χ0n) is 27.6. The van der Waals surface area contributed by atoms with E-state index in [1.165, 1.54) is 25.8 Å². The van der Waals surface area contributed by atoms with E-state index in [4.69, 9.17) is 9.47 Å². The highest BCUT2D eigenvalue weighted by molar-refractivity contribution is 6.01. The quantitative estimate of drug-likeness (QED) is 0.179. The summed E-state index contributed by atoms with van der Waals surface area (Å²) in [7, 11) is 2.88. The van der Waals surface area contributed by atoms with Crippen molar-refractivity contribution in [3.63, 3.8) is 0 Å². The third kappa shape index (κ3) is 7.49. The minimum absolute atomic E-state index is 0.110. The second kappa shape index (κ2) is 14.4. The number of allylic oxidation sites excluding steroid dienone is 1. The van der Waals surface area contributed by atoms with Crippen molar-refractivity contribution in [2.24, 2.45) is 11.8 Å². The largest absolute Gasteiger partial charge is 0.494 e. The van der Waals surface area contributed by atoms with Crippen molar-refractivity contribution in [2.45, 2.75) is 44.8 Å². The number of rotatable bonds is 11. The van der Waals surface area contributed by atoms with E-state index in [1.54, 1.807) is 37.3 Å². The van der Waals surface area contributed by atoms with E-state index in [2.05, 4.69) is 42.2 Å². The first kappa shape index (κ1) is 34.2. The van der Waals surface area contributed by atoms with Crippen LogP contribution < -0.4 is 26.0 Å². The van der Waals surface area contributed by atoms with Crippen LogP contribution in [0.25, 0.3) is 0 Å². The summed E-state index contributed by atoms with van der Waals surface area (Å²) in [5.74, 6) is 0.0546. The van der Waals surface area contributed by atoms with E-state index in [-0.39, 0.29) is 23.1 Å². The molecule has 3 unspecified atom stereocenters. The molecule has 1 saturated heterocycles. The van der Waals surface area contributed by atoms with Gasteiger partial charge in [0.15, 0.2) is 0 Å². The molecular weight excluding hydrogens is 639 g/mol. The van der Waals surface area contributed by atoms with Crippen LogP contribution in [0, 0.1) is 18.8 Å². The first-order valence-corrected chi connectivity index (χ1v) is 16.3. The number of hydrogen-bond acceptors (Lipinski definition) is 9. The van der Waals surface area contributed by atoms with Gasteiger partial charge in [-0.15, -0.1) is 0 Å². The number of halogens is 3. The molecule has 6 rings (SSSR count). The molecule has 2 heterocycles. The van der Waals surface area contributed by atoms with Crippen molar-refractivity contribution in [1.29, 1.82) is 0 Å². The smallest absolute Gasteiger partial charge is 0.421 e. The number of benzene rings is 2. The van der Waals surface area contributed by atoms with Crippen LogP contribution in [0.1, 0.15) is 47.2 Å². The lowest BCUT2D eigenvalue weighted by molar-refractivity contribution is -0.137. The summed E-state index contributed by atoms with van der Waals surface area (Å²) < 4.78 is 53.1. The minimum Gasteiger partial charge on any atom is -0.494 e. The van der Waals surface area contributed by atoms with Crippen molar-refractivity contribution in [3.05, 3.63) is 70.9 Å². The highest BCUT2D eigenvalue weighted by atomic mass is 19.4. The molecule has 3 aromatic rings. The van der Waals surface area contributed by atoms with Gasteiger partial charge in [-0.25, -0.2) is 4.98 Å². The molecule has 3 atom stereocenters. The molecule has 2 amide bonds. The number of nitrogens with zero attached hydrogens (tertiary/aromatic N) is 3. The number of carbonyl (C=O) groups excluding carboxylic acids is 2. The number of nitrogens with one attached hydrogen (secondary N) is 4. The molecule has 2 bridgehead atoms. The van der Waals surface area contributed by atoms with Gasteiger partial charge in [-0.3, -0.25) is 14.5 Å². The molecule has 260 valence electrons. The monoisotopic (exact) mass is 679 g/mol. The maximum Gasteiger partial charge on any atom is 0.421 e. The van der Waals surface area contributed by atoms with Crippen LogP contribution in [0.3, 0.4) is 0 Å². The Kier molecular flexibility index (Phi) is 10.1. The Morgan fingerprint density at radius 2 is 1.92 bits per heavy atom. The van der Waals surface area contributed by atoms with Crippen molar-refractivity contribution in [2.75, 3.05) is 56.4 Å². The van der Waals surface area contributed by atoms with Gasteiger partial charge in [-0.1, -0.05) is 23.8 Å². The number of ether oxygens (including phenoxy) is 2. The van der Waals surface area contributed by atoms with Crippen molar-refractivity contribution >= 4 is 40.6 Å². The van der Waals surface area contributed by atoms with E-state index in [1.807, 2.05) is 0 Å². The number of morpholine rings is 1. The summed E-state index contributed by atoms with van der Waals surface area (Å²) in [5, 5.41) is 11.1. The molecule has 2 aliphatic carbocycles. The van der Waals surface area contributed by atoms with Crippen LogP contribution >= 0.6 is 0 Å². The maximum absolute atomic E-state index is 14.0. The number of para-hydroxylation sites is 1. The molecule has 1 aromatic heterocycles. The summed E-state index contributed by atoms with van der Waals surface area (Å²) in [6.07, 6.45) is 1.62. The molecule has 2 aromatic carbocycles. The average molecular weight is 680 g/mol. The predicted octanol–water partition coefficient (Wildman–Crippen LogP) is 6.04. The summed E-state index contributed by atoms with van der Waals surface area (Å²) in [5.41, 5.74) is 2.15. The van der Waals surface area contributed by atoms with Crippen molar-refractivity contribution in [1.82, 2.24) is 20.2 Å². The average Bonchev–Trinajstić information content (AvgIpc) is 3.71. The normalized spacial score (nSPS) is 20.4. The van der Waals surface area contributed by atoms with Crippen LogP contribution in [0.4, 0.5) is 42.0 Å². The van der Waals surface area contributed by atoms with Gasteiger partial charge in [-0.05, 0) is 61.8 Å². The number of aryl methyl sites for hydroxylation is 1. The number of hydrogen-bond donors (Lipinski definition) is 4. The molecule has 0 spiro atoms. The van der Waals surface area contributed by atoms with Gasteiger partial charge in [0, 0.05) is 50.6 Å². The Bertz CT molecular complexity index is 1740. The first-order valence-electron chi connectivity index (χ1n) is 16.3. The minimum atomic E-state index is -4.77. The van der Waals surface area contributed by atoms with E-state index in [0.717, 1.165) is 45.6 Å². The lowest BCUT2D eigenvalue weighted by Gasteiger charge is -2.39. The number of methoxy groups -OCH3 is 1. The Labute approximate surface area is 282 Å². The van der Waals surface area contributed by atoms with E-state index in [0.29, 0.717) is 53.2 Å². The highest BCUT2D eigenvalue weighted by Crippen LogP contribution is 2.48. The third-order valence-corrected chi connectivity index (χ3v) is 9.52. The van der Waals surface area contributed by atoms with Crippen LogP contribution in [0.5, 0.6) is 5.75 Å². The SMILES string of the molecule is CNC(=O)c1cccc(C)c1Nc1nc(Nc2ccc(NC(=O)CCC3C4=CCC(C4)C3N3CCOCC3)cc2OC)ncc1C(F)(F)F. The Balaban J connectivity index is 1.15. The van der Waals surface area contributed by atoms with Gasteiger partial charge in [0.25, 0.3) is 5.91 Å². The standard InChI is InChI=1S/C35H40F3N7O4/c1-20-5-4-6-25(33(47)39-2)30(20)43-32-26(35(36,37)38)19-40-34(44-32)42-27-11-9-23(18-28(27)48-3)41-29(46)12-10-24-21-7-8-22(17-21)31(24)45-13-15-49-16-14-45/h4-7,9,11,18-19,22,24,31H,8,10,12-17H2,1-3H3,(H,39,47)(H,41,46)(H2,40,42,43,44). The molecule has 4 N–H and O–H groups in total. The predicted molar refractivity (Wildman–Crippen MR) is 180 cm³/mol. The highest BCUT2D eigenvalue weighted by Gasteiger charge is 2.45. The fourth-order valence-corrected chi connectivity index (χ4v) is 7.19. The second-order valence-corrected chi connectivity index (χ2v) is 12.5. The fourth-order valence-electron chi connectivity index (χ4n) is 7.19. The third-order valence-electron chi connectivity index (χ3n) is 9.52. The number of aromatic nitrogens is 2. The van der Waals surface area contributed by atoms with Gasteiger partial charge in [0.1, 0.15) is 17.1 Å². The van der Waals surface area contributed by atoms with Crippen molar-refractivity contribution < 1.29 is 32.2 Å². The van der Waals surface area contributed by atoms with Crippen LogP contribution in [0.2, 0.25) is 0 Å². The van der Waals surface area contributed by atoms with Gasteiger partial charge < -0.3 is 30.7 Å². The summed E-state index contributed by atoms with van der Waals surface area (Å²) in [6, 6.07) is 10.2. The molecular formula is C35H40F3N7O4. The van der Waals surface area contributed by atoms with E-state index >= 15 is 0 Å². The Hall–Kier alpha value is -4.69. The summed E-state index contributed by atoms with van der Waals surface area (Å²) >= 11 is 0. The van der Waals surface area contributed by atoms with Gasteiger partial charge in [0.2, 0.25) is 11.9 Å². The molecule has 2 fully saturated rings. The molecule has 11 nitrogen and oxygen atoms in total. The maximum atomic E-state index is 14.0. The zero-order chi connectivity index (χ0) is 34.7. The number of carbonyl (C=O) groups is 2. The number of alkyl halides is 3. The fraction of sp³-hybridized carbons (Fsp3) is 0.429.